The first-order chi connectivity index (χ1) is 21.3. The molecular formula is C32H37FN8O3. The zero-order valence-electron chi connectivity index (χ0n) is 24.6. The lowest BCUT2D eigenvalue weighted by atomic mass is 9.89. The topological polar surface area (TPSA) is 137 Å². The van der Waals surface area contributed by atoms with Gasteiger partial charge in [0.2, 0.25) is 5.91 Å². The van der Waals surface area contributed by atoms with Crippen LogP contribution >= 0.6 is 0 Å². The molecule has 4 N–H and O–H groups in total. The van der Waals surface area contributed by atoms with E-state index >= 15 is 0 Å². The van der Waals surface area contributed by atoms with Gasteiger partial charge in [-0.05, 0) is 86.5 Å². The smallest absolute Gasteiger partial charge is 0.328 e. The molecular weight excluding hydrogens is 563 g/mol. The van der Waals surface area contributed by atoms with Gasteiger partial charge < -0.3 is 16.0 Å². The molecule has 0 atom stereocenters. The van der Waals surface area contributed by atoms with Crippen LogP contribution in [-0.2, 0) is 11.3 Å². The Balaban J connectivity index is 1.04. The van der Waals surface area contributed by atoms with E-state index in [-0.39, 0.29) is 30.3 Å². The highest BCUT2D eigenvalue weighted by molar-refractivity contribution is 6.05. The number of amides is 4. The molecule has 2 aromatic carbocycles. The molecule has 230 valence electrons. The molecule has 3 aliphatic rings. The van der Waals surface area contributed by atoms with Crippen LogP contribution in [-0.4, -0.2) is 65.4 Å². The molecule has 1 aromatic heterocycles. The Hall–Kier alpha value is -4.58. The zero-order chi connectivity index (χ0) is 30.6. The van der Waals surface area contributed by atoms with Gasteiger partial charge >= 0.3 is 6.03 Å². The molecule has 0 saturated carbocycles. The van der Waals surface area contributed by atoms with Crippen LogP contribution in [0.3, 0.4) is 0 Å². The predicted octanol–water partition coefficient (Wildman–Crippen LogP) is 4.27. The van der Waals surface area contributed by atoms with Crippen molar-refractivity contribution in [2.45, 2.75) is 51.0 Å². The molecule has 0 unspecified atom stereocenters. The number of primary amides is 1. The quantitative estimate of drug-likeness (QED) is 0.349. The lowest BCUT2D eigenvalue weighted by Crippen LogP contribution is -2.49. The number of piperidine rings is 2. The second kappa shape index (κ2) is 13.0. The van der Waals surface area contributed by atoms with Gasteiger partial charge in [0.1, 0.15) is 11.6 Å². The third-order valence-corrected chi connectivity index (χ3v) is 8.67. The van der Waals surface area contributed by atoms with E-state index in [0.717, 1.165) is 68.9 Å². The molecule has 3 fully saturated rings. The zero-order valence-corrected chi connectivity index (χ0v) is 24.6. The van der Waals surface area contributed by atoms with Crippen LogP contribution in [0.5, 0.6) is 0 Å². The van der Waals surface area contributed by atoms with Crippen molar-refractivity contribution in [3.8, 4) is 0 Å². The third kappa shape index (κ3) is 6.65. The summed E-state index contributed by atoms with van der Waals surface area (Å²) < 4.78 is 14.9. The molecule has 6 rings (SSSR count). The molecule has 0 radical (unpaired) electrons. The summed E-state index contributed by atoms with van der Waals surface area (Å²) in [7, 11) is 0. The summed E-state index contributed by atoms with van der Waals surface area (Å²) in [5, 5.41) is 5.48. The molecule has 11 nitrogen and oxygen atoms in total. The van der Waals surface area contributed by atoms with Gasteiger partial charge in [-0.15, -0.1) is 0 Å². The largest absolute Gasteiger partial charge is 0.364 e. The van der Waals surface area contributed by atoms with Crippen LogP contribution in [0.1, 0.15) is 66.1 Å². The number of likely N-dealkylation sites (tertiary alicyclic amines) is 1. The van der Waals surface area contributed by atoms with Crippen LogP contribution in [0.2, 0.25) is 0 Å². The van der Waals surface area contributed by atoms with Crippen molar-refractivity contribution in [3.05, 3.63) is 71.3 Å². The summed E-state index contributed by atoms with van der Waals surface area (Å²) in [6, 6.07) is 12.5. The van der Waals surface area contributed by atoms with Gasteiger partial charge in [-0.3, -0.25) is 24.7 Å². The number of carbonyl (C=O) groups is 3. The Labute approximate surface area is 255 Å². The number of hydrogen-bond acceptors (Lipinski definition) is 8. The number of benzene rings is 2. The van der Waals surface area contributed by atoms with Gasteiger partial charge in [0.05, 0.1) is 11.9 Å². The van der Waals surface area contributed by atoms with Gasteiger partial charge in [-0.2, -0.15) is 0 Å². The summed E-state index contributed by atoms with van der Waals surface area (Å²) in [5.41, 5.74) is 8.78. The monoisotopic (exact) mass is 600 g/mol. The number of aromatic nitrogens is 2. The average Bonchev–Trinajstić information content (AvgIpc) is 3.03. The van der Waals surface area contributed by atoms with Crippen LogP contribution < -0.4 is 26.2 Å². The number of carbonyl (C=O) groups excluding carboxylic acids is 3. The number of rotatable bonds is 8. The number of imide groups is 1. The Morgan fingerprint density at radius 2 is 1.75 bits per heavy atom. The predicted molar refractivity (Wildman–Crippen MR) is 165 cm³/mol. The minimum absolute atomic E-state index is 0.116. The standard InChI is InChI=1S/C32H37FN8O3/c33-25-18-21(4-9-26(25)41-17-12-28(42)38-32(41)44)20-39-15-10-23(11-16-39)22-5-7-24(8-6-22)36-31-29(30(34)43)35-19-27(37-31)40-13-2-1-3-14-40/h4-9,18-19,23H,1-3,10-17,20H2,(H2,34,43)(H,36,37)(H,38,42,44). The van der Waals surface area contributed by atoms with Crippen LogP contribution in [0.4, 0.5) is 32.2 Å². The number of halogens is 1. The van der Waals surface area contributed by atoms with Gasteiger partial charge in [-0.25, -0.2) is 19.2 Å². The average molecular weight is 601 g/mol. The second-order valence-electron chi connectivity index (χ2n) is 11.7. The maximum atomic E-state index is 14.9. The second-order valence-corrected chi connectivity index (χ2v) is 11.7. The summed E-state index contributed by atoms with van der Waals surface area (Å²) in [5.74, 6) is 0.0683. The Morgan fingerprint density at radius 1 is 1.00 bits per heavy atom. The Morgan fingerprint density at radius 3 is 2.43 bits per heavy atom. The lowest BCUT2D eigenvalue weighted by Gasteiger charge is -2.32. The number of urea groups is 1. The number of nitrogens with two attached hydrogens (primary N) is 1. The van der Waals surface area contributed by atoms with Crippen molar-refractivity contribution in [1.82, 2.24) is 20.2 Å². The Bertz CT molecular complexity index is 1530. The molecule has 44 heavy (non-hydrogen) atoms. The number of hydrogen-bond donors (Lipinski definition) is 3. The normalized spacial score (nSPS) is 18.3. The highest BCUT2D eigenvalue weighted by atomic mass is 19.1. The molecule has 4 heterocycles. The fourth-order valence-corrected chi connectivity index (χ4v) is 6.24. The van der Waals surface area contributed by atoms with E-state index < -0.39 is 17.8 Å². The van der Waals surface area contributed by atoms with E-state index in [9.17, 15) is 18.8 Å². The molecule has 4 amide bonds. The number of nitrogens with one attached hydrogen (secondary N) is 2. The van der Waals surface area contributed by atoms with Crippen molar-refractivity contribution in [1.29, 1.82) is 0 Å². The first-order valence-electron chi connectivity index (χ1n) is 15.2. The van der Waals surface area contributed by atoms with Crippen LogP contribution in [0.15, 0.2) is 48.7 Å². The highest BCUT2D eigenvalue weighted by Gasteiger charge is 2.27. The molecule has 3 saturated heterocycles. The van der Waals surface area contributed by atoms with E-state index in [2.05, 4.69) is 37.6 Å². The van der Waals surface area contributed by atoms with Gasteiger partial charge in [-0.1, -0.05) is 18.2 Å². The summed E-state index contributed by atoms with van der Waals surface area (Å²) in [4.78, 5) is 50.3. The maximum Gasteiger partial charge on any atom is 0.328 e. The summed E-state index contributed by atoms with van der Waals surface area (Å²) in [6.07, 6.45) is 7.16. The minimum Gasteiger partial charge on any atom is -0.364 e. The first-order valence-corrected chi connectivity index (χ1v) is 15.2. The van der Waals surface area contributed by atoms with Crippen molar-refractivity contribution >= 4 is 40.9 Å². The highest BCUT2D eigenvalue weighted by Crippen LogP contribution is 2.31. The van der Waals surface area contributed by atoms with Crippen molar-refractivity contribution in [2.24, 2.45) is 5.73 Å². The molecule has 0 aliphatic carbocycles. The van der Waals surface area contributed by atoms with E-state index in [1.807, 2.05) is 18.2 Å². The van der Waals surface area contributed by atoms with Crippen molar-refractivity contribution in [2.75, 3.05) is 47.8 Å². The van der Waals surface area contributed by atoms with E-state index in [0.29, 0.717) is 18.3 Å². The molecule has 0 spiro atoms. The molecule has 0 bridgehead atoms. The first kappa shape index (κ1) is 29.5. The van der Waals surface area contributed by atoms with Gasteiger partial charge in [0.25, 0.3) is 5.91 Å². The third-order valence-electron chi connectivity index (χ3n) is 8.67. The fraction of sp³-hybridized carbons (Fsp3) is 0.406. The van der Waals surface area contributed by atoms with E-state index in [4.69, 9.17) is 10.7 Å². The Kier molecular flexibility index (Phi) is 8.69. The van der Waals surface area contributed by atoms with E-state index in [1.165, 1.54) is 23.0 Å². The van der Waals surface area contributed by atoms with Gasteiger partial charge in [0, 0.05) is 38.3 Å². The van der Waals surface area contributed by atoms with E-state index in [1.54, 1.807) is 12.3 Å². The summed E-state index contributed by atoms with van der Waals surface area (Å²) >= 11 is 0. The molecule has 12 heteroatoms. The number of anilines is 4. The summed E-state index contributed by atoms with van der Waals surface area (Å²) in [6.45, 7) is 4.39. The van der Waals surface area contributed by atoms with Crippen molar-refractivity contribution in [3.63, 3.8) is 0 Å². The number of nitrogens with zero attached hydrogens (tertiary/aromatic N) is 5. The molecule has 3 aromatic rings. The van der Waals surface area contributed by atoms with Crippen LogP contribution in [0.25, 0.3) is 0 Å². The van der Waals surface area contributed by atoms with Crippen LogP contribution in [0, 0.1) is 5.82 Å². The lowest BCUT2D eigenvalue weighted by molar-refractivity contribution is -0.120. The SMILES string of the molecule is NC(=O)c1ncc(N2CCCCC2)nc1Nc1ccc(C2CCN(Cc3ccc(N4CCC(=O)NC4=O)c(F)c3)CC2)cc1. The molecule has 3 aliphatic heterocycles. The van der Waals surface area contributed by atoms with Gasteiger partial charge in [0.15, 0.2) is 11.5 Å². The van der Waals surface area contributed by atoms with Crippen molar-refractivity contribution < 1.29 is 18.8 Å². The minimum atomic E-state index is -0.626. The fourth-order valence-electron chi connectivity index (χ4n) is 6.24. The maximum absolute atomic E-state index is 14.9.